The van der Waals surface area contributed by atoms with Crippen molar-refractivity contribution in [2.75, 3.05) is 13.7 Å². The summed E-state index contributed by atoms with van der Waals surface area (Å²) < 4.78 is 5.08. The number of likely N-dealkylation sites (N-methyl/N-ethyl adjacent to an activating group) is 1. The largest absolute Gasteiger partial charge is 0.480 e. The highest BCUT2D eigenvalue weighted by Gasteiger charge is 2.58. The van der Waals surface area contributed by atoms with Gasteiger partial charge in [-0.3, -0.25) is 4.79 Å². The first-order valence-corrected chi connectivity index (χ1v) is 6.53. The van der Waals surface area contributed by atoms with Crippen LogP contribution in [0.3, 0.4) is 0 Å². The van der Waals surface area contributed by atoms with E-state index >= 15 is 0 Å². The van der Waals surface area contributed by atoms with Crippen molar-refractivity contribution in [2.45, 2.75) is 50.5 Å². The summed E-state index contributed by atoms with van der Waals surface area (Å²) in [5, 5.41) is 48.3. The Bertz CT molecular complexity index is 353. The molecule has 118 valence electrons. The van der Waals surface area contributed by atoms with Crippen LogP contribution < -0.4 is 0 Å². The Morgan fingerprint density at radius 3 is 2.35 bits per heavy atom. The Morgan fingerprint density at radius 1 is 1.45 bits per heavy atom. The Balaban J connectivity index is 3.04. The lowest BCUT2D eigenvalue weighted by Gasteiger charge is -2.40. The Morgan fingerprint density at radius 2 is 2.00 bits per heavy atom. The smallest absolute Gasteiger partial charge is 0.321 e. The van der Waals surface area contributed by atoms with Crippen LogP contribution in [0.2, 0.25) is 0 Å². The summed E-state index contributed by atoms with van der Waals surface area (Å²) in [6, 6.07) is -1.11. The van der Waals surface area contributed by atoms with E-state index in [1.807, 2.05) is 0 Å². The second-order valence-corrected chi connectivity index (χ2v) is 5.21. The summed E-state index contributed by atoms with van der Waals surface area (Å²) >= 11 is 0. The minimum atomic E-state index is -2.36. The second-order valence-electron chi connectivity index (χ2n) is 5.21. The van der Waals surface area contributed by atoms with Crippen LogP contribution in [-0.2, 0) is 9.53 Å². The van der Waals surface area contributed by atoms with Crippen LogP contribution in [0.15, 0.2) is 0 Å². The zero-order chi connectivity index (χ0) is 15.7. The molecule has 1 rings (SSSR count). The lowest BCUT2D eigenvalue weighted by Crippen LogP contribution is -2.61. The number of aliphatic hydroxyl groups is 4. The molecule has 1 heterocycles. The third kappa shape index (κ3) is 2.80. The van der Waals surface area contributed by atoms with Gasteiger partial charge in [-0.05, 0) is 13.0 Å². The van der Waals surface area contributed by atoms with Crippen molar-refractivity contribution in [1.29, 1.82) is 0 Å². The lowest BCUT2D eigenvalue weighted by atomic mass is 9.96. The first-order chi connectivity index (χ1) is 9.20. The molecule has 5 N–H and O–H groups in total. The Labute approximate surface area is 117 Å². The number of ether oxygens (including phenoxy) is 1. The van der Waals surface area contributed by atoms with E-state index in [0.29, 0.717) is 6.42 Å². The quantitative estimate of drug-likeness (QED) is 0.362. The van der Waals surface area contributed by atoms with E-state index in [1.54, 1.807) is 13.8 Å². The molecule has 0 saturated carbocycles. The number of aliphatic carboxylic acids is 1. The molecule has 1 saturated heterocycles. The zero-order valence-corrected chi connectivity index (χ0v) is 11.8. The van der Waals surface area contributed by atoms with Crippen molar-refractivity contribution in [3.63, 3.8) is 0 Å². The van der Waals surface area contributed by atoms with E-state index in [1.165, 1.54) is 7.05 Å². The molecular weight excluding hydrogens is 270 g/mol. The predicted molar refractivity (Wildman–Crippen MR) is 67.6 cm³/mol. The van der Waals surface area contributed by atoms with Crippen molar-refractivity contribution in [1.82, 2.24) is 4.90 Å². The van der Waals surface area contributed by atoms with E-state index in [4.69, 9.17) is 9.84 Å². The van der Waals surface area contributed by atoms with E-state index in [-0.39, 0.29) is 5.92 Å². The van der Waals surface area contributed by atoms with Crippen LogP contribution in [0.25, 0.3) is 0 Å². The normalized spacial score (nSPS) is 37.1. The molecule has 0 aromatic rings. The molecule has 1 aliphatic rings. The van der Waals surface area contributed by atoms with Gasteiger partial charge >= 0.3 is 5.97 Å². The van der Waals surface area contributed by atoms with Crippen LogP contribution >= 0.6 is 0 Å². The van der Waals surface area contributed by atoms with Crippen LogP contribution in [0.1, 0.15) is 20.3 Å². The van der Waals surface area contributed by atoms with Gasteiger partial charge in [0.1, 0.15) is 18.2 Å². The molecule has 0 bridgehead atoms. The molecule has 2 unspecified atom stereocenters. The molecule has 0 amide bonds. The number of hydrogen-bond donors (Lipinski definition) is 5. The fraction of sp³-hybridized carbons (Fsp3) is 0.917. The van der Waals surface area contributed by atoms with Gasteiger partial charge in [0.15, 0.2) is 6.10 Å². The van der Waals surface area contributed by atoms with E-state index in [9.17, 15) is 25.2 Å². The van der Waals surface area contributed by atoms with Gasteiger partial charge in [-0.2, -0.15) is 0 Å². The fourth-order valence-electron chi connectivity index (χ4n) is 2.44. The molecule has 0 aromatic heterocycles. The maximum absolute atomic E-state index is 11.4. The number of nitrogens with zero attached hydrogens (tertiary/aromatic N) is 1. The SMILES string of the molecule is CCC(C)[C@@H](C(=O)O)N(C)C1(O)O[C@H](CO)[C@@H](O)[C@@H]1O. The maximum atomic E-state index is 11.4. The van der Waals surface area contributed by atoms with Crippen LogP contribution in [-0.4, -0.2) is 80.3 Å². The zero-order valence-electron chi connectivity index (χ0n) is 11.8. The molecule has 0 spiro atoms. The molecule has 8 heteroatoms. The molecule has 6 atom stereocenters. The predicted octanol–water partition coefficient (Wildman–Crippen LogP) is -1.82. The highest BCUT2D eigenvalue weighted by molar-refractivity contribution is 5.73. The van der Waals surface area contributed by atoms with Gasteiger partial charge in [-0.25, -0.2) is 4.90 Å². The van der Waals surface area contributed by atoms with Gasteiger partial charge in [-0.15, -0.1) is 0 Å². The molecule has 1 fully saturated rings. The van der Waals surface area contributed by atoms with Crippen LogP contribution in [0.4, 0.5) is 0 Å². The topological polar surface area (TPSA) is 131 Å². The summed E-state index contributed by atoms with van der Waals surface area (Å²) in [4.78, 5) is 12.4. The lowest BCUT2D eigenvalue weighted by molar-refractivity contribution is -0.317. The van der Waals surface area contributed by atoms with Gasteiger partial charge < -0.3 is 30.3 Å². The standard InChI is InChI=1S/C12H23NO7/c1-4-6(2)8(11(17)18)13(3)12(19)10(16)9(15)7(5-14)20-12/h6-10,14-16,19H,4-5H2,1-3H3,(H,17,18)/t6?,7-,8+,9-,10+,12?/m1/s1. The molecule has 8 nitrogen and oxygen atoms in total. The van der Waals surface area contributed by atoms with E-state index in [0.717, 1.165) is 4.90 Å². The minimum absolute atomic E-state index is 0.317. The highest BCUT2D eigenvalue weighted by Crippen LogP contribution is 2.34. The minimum Gasteiger partial charge on any atom is -0.480 e. The van der Waals surface area contributed by atoms with Gasteiger partial charge in [-0.1, -0.05) is 20.3 Å². The summed E-state index contributed by atoms with van der Waals surface area (Å²) in [5.74, 6) is -3.85. The Hall–Kier alpha value is -0.770. The number of rotatable bonds is 6. The number of carboxylic acids is 1. The van der Waals surface area contributed by atoms with Crippen molar-refractivity contribution in [3.8, 4) is 0 Å². The summed E-state index contributed by atoms with van der Waals surface area (Å²) in [5.41, 5.74) is 0. The number of aliphatic hydroxyl groups excluding tert-OH is 3. The third-order valence-electron chi connectivity index (χ3n) is 3.95. The summed E-state index contributed by atoms with van der Waals surface area (Å²) in [7, 11) is 1.29. The maximum Gasteiger partial charge on any atom is 0.321 e. The van der Waals surface area contributed by atoms with Crippen molar-refractivity contribution in [3.05, 3.63) is 0 Å². The molecular formula is C12H23NO7. The Kier molecular flexibility index (Phi) is 5.47. The van der Waals surface area contributed by atoms with Crippen LogP contribution in [0.5, 0.6) is 0 Å². The first kappa shape index (κ1) is 17.3. The second kappa shape index (κ2) is 6.33. The van der Waals surface area contributed by atoms with Crippen molar-refractivity contribution < 1.29 is 35.1 Å². The average Bonchev–Trinajstić information content (AvgIpc) is 2.63. The number of carboxylic acid groups (broad SMARTS) is 1. The van der Waals surface area contributed by atoms with Gasteiger partial charge in [0, 0.05) is 0 Å². The third-order valence-corrected chi connectivity index (χ3v) is 3.95. The average molecular weight is 293 g/mol. The van der Waals surface area contributed by atoms with Crippen molar-refractivity contribution >= 4 is 5.97 Å². The van der Waals surface area contributed by atoms with Gasteiger partial charge in [0.2, 0.25) is 0 Å². The fourth-order valence-corrected chi connectivity index (χ4v) is 2.44. The van der Waals surface area contributed by atoms with Crippen molar-refractivity contribution in [2.24, 2.45) is 5.92 Å². The van der Waals surface area contributed by atoms with Crippen LogP contribution in [0, 0.1) is 5.92 Å². The van der Waals surface area contributed by atoms with E-state index in [2.05, 4.69) is 0 Å². The monoisotopic (exact) mass is 293 g/mol. The first-order valence-electron chi connectivity index (χ1n) is 6.53. The molecule has 1 aliphatic heterocycles. The van der Waals surface area contributed by atoms with Gasteiger partial charge in [0.05, 0.1) is 6.61 Å². The summed E-state index contributed by atoms with van der Waals surface area (Å²) in [6.07, 6.45) is -3.88. The number of hydrogen-bond acceptors (Lipinski definition) is 7. The van der Waals surface area contributed by atoms with E-state index < -0.39 is 42.8 Å². The molecule has 0 radical (unpaired) electrons. The number of carbonyl (C=O) groups is 1. The molecule has 0 aliphatic carbocycles. The summed E-state index contributed by atoms with van der Waals surface area (Å²) in [6.45, 7) is 2.89. The molecule has 0 aromatic carbocycles. The molecule has 20 heavy (non-hydrogen) atoms. The highest BCUT2D eigenvalue weighted by atomic mass is 16.7. The van der Waals surface area contributed by atoms with Gasteiger partial charge in [0.25, 0.3) is 5.91 Å².